The normalized spacial score (nSPS) is 11.0. The Labute approximate surface area is 130 Å². The molecule has 0 aromatic heterocycles. The fraction of sp³-hybridized carbons (Fsp3) is 0.500. The number of esters is 2. The first kappa shape index (κ1) is 17.6. The molecule has 116 valence electrons. The van der Waals surface area contributed by atoms with E-state index in [0.717, 1.165) is 10.5 Å². The van der Waals surface area contributed by atoms with Crippen molar-refractivity contribution in [3.05, 3.63) is 29.8 Å². The van der Waals surface area contributed by atoms with E-state index < -0.39 is 17.4 Å². The van der Waals surface area contributed by atoms with Crippen molar-refractivity contribution >= 4 is 23.7 Å². The van der Waals surface area contributed by atoms with Crippen molar-refractivity contribution < 1.29 is 19.1 Å². The lowest BCUT2D eigenvalue weighted by Gasteiger charge is -2.25. The molecule has 0 spiro atoms. The van der Waals surface area contributed by atoms with Gasteiger partial charge in [-0.05, 0) is 51.1 Å². The van der Waals surface area contributed by atoms with Gasteiger partial charge in [0.25, 0.3) is 0 Å². The second kappa shape index (κ2) is 8.08. The second-order valence-corrected chi connectivity index (χ2v) is 5.68. The summed E-state index contributed by atoms with van der Waals surface area (Å²) in [7, 11) is 0. The summed E-state index contributed by atoms with van der Waals surface area (Å²) in [6.45, 7) is 5.48. The molecule has 0 unspecified atom stereocenters. The summed E-state index contributed by atoms with van der Waals surface area (Å²) in [5.41, 5.74) is -0.413. The SMILES string of the molecule is CCOC(=O)C(C)(Cc1ccc(SC)cc1)C(=O)OCC. The number of carbonyl (C=O) groups excluding carboxylic acids is 2. The topological polar surface area (TPSA) is 52.6 Å². The Balaban J connectivity index is 3.00. The third-order valence-electron chi connectivity index (χ3n) is 3.17. The third kappa shape index (κ3) is 4.49. The molecule has 0 fully saturated rings. The van der Waals surface area contributed by atoms with E-state index in [1.54, 1.807) is 32.5 Å². The van der Waals surface area contributed by atoms with Gasteiger partial charge in [-0.25, -0.2) is 0 Å². The lowest BCUT2D eigenvalue weighted by atomic mass is 9.83. The first-order valence-corrected chi connectivity index (χ1v) is 8.17. The molecule has 0 saturated carbocycles. The minimum absolute atomic E-state index is 0.235. The molecule has 1 rings (SSSR count). The number of thioether (sulfide) groups is 1. The van der Waals surface area contributed by atoms with E-state index >= 15 is 0 Å². The van der Waals surface area contributed by atoms with Crippen LogP contribution in [0.2, 0.25) is 0 Å². The maximum atomic E-state index is 12.2. The summed E-state index contributed by atoms with van der Waals surface area (Å²) in [6, 6.07) is 7.78. The molecule has 1 aromatic carbocycles. The average molecular weight is 310 g/mol. The van der Waals surface area contributed by atoms with Gasteiger partial charge < -0.3 is 9.47 Å². The van der Waals surface area contributed by atoms with Gasteiger partial charge in [-0.2, -0.15) is 0 Å². The Kier molecular flexibility index (Phi) is 6.75. The van der Waals surface area contributed by atoms with Gasteiger partial charge in [0.05, 0.1) is 13.2 Å². The van der Waals surface area contributed by atoms with Crippen molar-refractivity contribution in [3.63, 3.8) is 0 Å². The van der Waals surface area contributed by atoms with Crippen LogP contribution in [-0.2, 0) is 25.5 Å². The molecule has 0 N–H and O–H groups in total. The zero-order valence-electron chi connectivity index (χ0n) is 13.0. The predicted molar refractivity (Wildman–Crippen MR) is 83.3 cm³/mol. The Hall–Kier alpha value is -1.49. The van der Waals surface area contributed by atoms with Gasteiger partial charge >= 0.3 is 11.9 Å². The summed E-state index contributed by atoms with van der Waals surface area (Å²) < 4.78 is 10.1. The van der Waals surface area contributed by atoms with Gasteiger partial charge in [0.15, 0.2) is 5.41 Å². The summed E-state index contributed by atoms with van der Waals surface area (Å²) in [4.78, 5) is 25.5. The molecule has 5 heteroatoms. The molecule has 0 atom stereocenters. The van der Waals surface area contributed by atoms with Crippen LogP contribution in [0.25, 0.3) is 0 Å². The first-order valence-electron chi connectivity index (χ1n) is 6.95. The van der Waals surface area contributed by atoms with Crippen molar-refractivity contribution in [1.29, 1.82) is 0 Å². The molecule has 4 nitrogen and oxygen atoms in total. The predicted octanol–water partition coefficient (Wildman–Crippen LogP) is 3.08. The van der Waals surface area contributed by atoms with Crippen LogP contribution in [0.5, 0.6) is 0 Å². The van der Waals surface area contributed by atoms with Gasteiger partial charge in [0, 0.05) is 4.90 Å². The molecule has 0 heterocycles. The van der Waals surface area contributed by atoms with Gasteiger partial charge in [0.1, 0.15) is 0 Å². The quantitative estimate of drug-likeness (QED) is 0.440. The highest BCUT2D eigenvalue weighted by atomic mass is 32.2. The standard InChI is InChI=1S/C16H22O4S/c1-5-19-14(17)16(3,15(18)20-6-2)11-12-7-9-13(21-4)10-8-12/h7-10H,5-6,11H2,1-4H3. The van der Waals surface area contributed by atoms with Crippen LogP contribution in [0.1, 0.15) is 26.3 Å². The van der Waals surface area contributed by atoms with E-state index in [9.17, 15) is 9.59 Å². The third-order valence-corrected chi connectivity index (χ3v) is 3.91. The van der Waals surface area contributed by atoms with Crippen LogP contribution in [-0.4, -0.2) is 31.4 Å². The van der Waals surface area contributed by atoms with Crippen LogP contribution in [0.15, 0.2) is 29.2 Å². The van der Waals surface area contributed by atoms with E-state index in [1.165, 1.54) is 0 Å². The van der Waals surface area contributed by atoms with Crippen LogP contribution in [0.3, 0.4) is 0 Å². The number of benzene rings is 1. The highest BCUT2D eigenvalue weighted by Gasteiger charge is 2.44. The van der Waals surface area contributed by atoms with E-state index in [1.807, 2.05) is 30.5 Å². The number of hydrogen-bond acceptors (Lipinski definition) is 5. The Morgan fingerprint density at radius 3 is 1.90 bits per heavy atom. The van der Waals surface area contributed by atoms with Crippen LogP contribution >= 0.6 is 11.8 Å². The largest absolute Gasteiger partial charge is 0.465 e. The minimum atomic E-state index is -1.31. The summed E-state index contributed by atoms with van der Waals surface area (Å²) in [5, 5.41) is 0. The van der Waals surface area contributed by atoms with Crippen molar-refractivity contribution in [2.45, 2.75) is 32.1 Å². The second-order valence-electron chi connectivity index (χ2n) is 4.80. The Bertz CT molecular complexity index is 464. The fourth-order valence-corrected chi connectivity index (χ4v) is 2.37. The molecule has 1 aromatic rings. The van der Waals surface area contributed by atoms with E-state index in [0.29, 0.717) is 0 Å². The summed E-state index contributed by atoms with van der Waals surface area (Å²) in [6.07, 6.45) is 2.26. The lowest BCUT2D eigenvalue weighted by molar-refractivity contribution is -0.170. The van der Waals surface area contributed by atoms with E-state index in [2.05, 4.69) is 0 Å². The van der Waals surface area contributed by atoms with Gasteiger partial charge in [0.2, 0.25) is 0 Å². The molecule has 0 amide bonds. The molecule has 21 heavy (non-hydrogen) atoms. The van der Waals surface area contributed by atoms with Crippen LogP contribution < -0.4 is 0 Å². The Morgan fingerprint density at radius 1 is 1.05 bits per heavy atom. The zero-order chi connectivity index (χ0) is 15.9. The van der Waals surface area contributed by atoms with Crippen LogP contribution in [0, 0.1) is 5.41 Å². The molecule has 0 radical (unpaired) electrons. The number of hydrogen-bond donors (Lipinski definition) is 0. The zero-order valence-corrected chi connectivity index (χ0v) is 13.8. The summed E-state index contributed by atoms with van der Waals surface area (Å²) >= 11 is 1.64. The highest BCUT2D eigenvalue weighted by Crippen LogP contribution is 2.27. The molecule has 0 bridgehead atoms. The van der Waals surface area contributed by atoms with Gasteiger partial charge in [-0.1, -0.05) is 12.1 Å². The number of ether oxygens (including phenoxy) is 2. The minimum Gasteiger partial charge on any atom is -0.465 e. The number of rotatable bonds is 7. The molecule has 0 aliphatic rings. The Morgan fingerprint density at radius 2 is 1.52 bits per heavy atom. The average Bonchev–Trinajstić information content (AvgIpc) is 2.48. The van der Waals surface area contributed by atoms with Crippen molar-refractivity contribution in [3.8, 4) is 0 Å². The molecular formula is C16H22O4S. The highest BCUT2D eigenvalue weighted by molar-refractivity contribution is 7.98. The van der Waals surface area contributed by atoms with E-state index in [-0.39, 0.29) is 19.6 Å². The van der Waals surface area contributed by atoms with Gasteiger partial charge in [-0.15, -0.1) is 11.8 Å². The molecule has 0 aliphatic heterocycles. The van der Waals surface area contributed by atoms with Crippen LogP contribution in [0.4, 0.5) is 0 Å². The first-order chi connectivity index (χ1) is 9.97. The monoisotopic (exact) mass is 310 g/mol. The van der Waals surface area contributed by atoms with Gasteiger partial charge in [-0.3, -0.25) is 9.59 Å². The lowest BCUT2D eigenvalue weighted by Crippen LogP contribution is -2.41. The summed E-state index contributed by atoms with van der Waals surface area (Å²) in [5.74, 6) is -1.09. The fourth-order valence-electron chi connectivity index (χ4n) is 1.96. The molecular weight excluding hydrogens is 288 g/mol. The molecule has 0 aliphatic carbocycles. The maximum Gasteiger partial charge on any atom is 0.323 e. The number of carbonyl (C=O) groups is 2. The smallest absolute Gasteiger partial charge is 0.323 e. The van der Waals surface area contributed by atoms with Crippen molar-refractivity contribution in [2.24, 2.45) is 5.41 Å². The maximum absolute atomic E-state index is 12.2. The van der Waals surface area contributed by atoms with E-state index in [4.69, 9.17) is 9.47 Å². The van der Waals surface area contributed by atoms with Crippen molar-refractivity contribution in [2.75, 3.05) is 19.5 Å². The van der Waals surface area contributed by atoms with Crippen molar-refractivity contribution in [1.82, 2.24) is 0 Å². The molecule has 0 saturated heterocycles.